The van der Waals surface area contributed by atoms with E-state index in [9.17, 15) is 4.79 Å². The summed E-state index contributed by atoms with van der Waals surface area (Å²) in [6.07, 6.45) is 3.89. The Kier molecular flexibility index (Phi) is 2.67. The number of nitrogens with one attached hydrogen (secondary N) is 1. The Morgan fingerprint density at radius 3 is 3.00 bits per heavy atom. The zero-order valence-corrected chi connectivity index (χ0v) is 11.7. The Bertz CT molecular complexity index is 675. The summed E-state index contributed by atoms with van der Waals surface area (Å²) < 4.78 is 1.87. The number of hydrogen-bond acceptors (Lipinski definition) is 3. The molecule has 3 atom stereocenters. The van der Waals surface area contributed by atoms with Crippen molar-refractivity contribution in [3.8, 4) is 0 Å². The van der Waals surface area contributed by atoms with Crippen LogP contribution in [0.3, 0.4) is 0 Å². The summed E-state index contributed by atoms with van der Waals surface area (Å²) in [6, 6.07) is 9.13. The van der Waals surface area contributed by atoms with Crippen LogP contribution in [0.25, 0.3) is 10.9 Å². The van der Waals surface area contributed by atoms with Gasteiger partial charge in [0.15, 0.2) is 0 Å². The van der Waals surface area contributed by atoms with Crippen LogP contribution in [0, 0.1) is 5.92 Å². The molecule has 0 saturated carbocycles. The van der Waals surface area contributed by atoms with E-state index in [2.05, 4.69) is 22.5 Å². The summed E-state index contributed by atoms with van der Waals surface area (Å²) in [7, 11) is 1.94. The minimum Gasteiger partial charge on any atom is -0.310 e. The van der Waals surface area contributed by atoms with E-state index in [4.69, 9.17) is 0 Å². The molecule has 0 spiro atoms. The van der Waals surface area contributed by atoms with Crippen molar-refractivity contribution >= 4 is 16.7 Å². The van der Waals surface area contributed by atoms with Crippen LogP contribution in [0.5, 0.6) is 0 Å². The smallest absolute Gasteiger partial charge is 0.143 e. The first-order chi connectivity index (χ1) is 9.72. The van der Waals surface area contributed by atoms with Gasteiger partial charge in [0.05, 0.1) is 17.6 Å². The molecule has 0 radical (unpaired) electrons. The molecule has 2 fully saturated rings. The first-order valence-electron chi connectivity index (χ1n) is 7.42. The van der Waals surface area contributed by atoms with Crippen molar-refractivity contribution in [1.29, 1.82) is 0 Å². The number of rotatable bonds is 3. The van der Waals surface area contributed by atoms with Crippen molar-refractivity contribution in [2.24, 2.45) is 13.0 Å². The molecule has 1 aromatic carbocycles. The van der Waals surface area contributed by atoms with Gasteiger partial charge in [0, 0.05) is 30.4 Å². The van der Waals surface area contributed by atoms with Crippen molar-refractivity contribution in [3.63, 3.8) is 0 Å². The van der Waals surface area contributed by atoms with Gasteiger partial charge < -0.3 is 5.32 Å². The number of carbonyl (C=O) groups excluding carboxylic acids is 1. The molecular weight excluding hydrogens is 250 g/mol. The second kappa shape index (κ2) is 4.42. The van der Waals surface area contributed by atoms with E-state index in [1.807, 2.05) is 23.9 Å². The predicted octanol–water partition coefficient (Wildman–Crippen LogP) is 1.83. The molecule has 2 aromatic rings. The van der Waals surface area contributed by atoms with Gasteiger partial charge in [0.1, 0.15) is 5.78 Å². The van der Waals surface area contributed by atoms with Gasteiger partial charge >= 0.3 is 0 Å². The zero-order chi connectivity index (χ0) is 13.7. The van der Waals surface area contributed by atoms with Gasteiger partial charge in [-0.1, -0.05) is 18.2 Å². The summed E-state index contributed by atoms with van der Waals surface area (Å²) in [4.78, 5) is 12.6. The second-order valence-electron chi connectivity index (χ2n) is 6.12. The number of para-hydroxylation sites is 1. The molecule has 104 valence electrons. The first kappa shape index (κ1) is 12.1. The van der Waals surface area contributed by atoms with Crippen LogP contribution in [0.15, 0.2) is 24.3 Å². The van der Waals surface area contributed by atoms with Gasteiger partial charge in [-0.15, -0.1) is 0 Å². The fourth-order valence-electron chi connectivity index (χ4n) is 3.90. The lowest BCUT2D eigenvalue weighted by atomic mass is 9.84. The van der Waals surface area contributed by atoms with Crippen LogP contribution in [-0.2, 0) is 18.3 Å². The highest BCUT2D eigenvalue weighted by Gasteiger charge is 2.42. The molecule has 0 aliphatic carbocycles. The van der Waals surface area contributed by atoms with Crippen molar-refractivity contribution in [2.75, 3.05) is 0 Å². The van der Waals surface area contributed by atoms with Crippen LogP contribution in [-0.4, -0.2) is 27.6 Å². The summed E-state index contributed by atoms with van der Waals surface area (Å²) in [5.41, 5.74) is 2.03. The molecule has 20 heavy (non-hydrogen) atoms. The van der Waals surface area contributed by atoms with Crippen LogP contribution >= 0.6 is 0 Å². The average Bonchev–Trinajstić information content (AvgIpc) is 3.15. The largest absolute Gasteiger partial charge is 0.310 e. The molecular formula is C16H19N3O. The monoisotopic (exact) mass is 269 g/mol. The van der Waals surface area contributed by atoms with Crippen molar-refractivity contribution in [3.05, 3.63) is 30.0 Å². The normalized spacial score (nSPS) is 28.4. The third-order valence-corrected chi connectivity index (χ3v) is 4.89. The molecule has 2 bridgehead atoms. The van der Waals surface area contributed by atoms with Gasteiger partial charge in [0.2, 0.25) is 0 Å². The number of nitrogens with zero attached hydrogens (tertiary/aromatic N) is 2. The predicted molar refractivity (Wildman–Crippen MR) is 77.5 cm³/mol. The molecule has 3 heterocycles. The summed E-state index contributed by atoms with van der Waals surface area (Å²) in [5.74, 6) is 0.558. The lowest BCUT2D eigenvalue weighted by molar-refractivity contribution is -0.122. The maximum atomic E-state index is 12.6. The van der Waals surface area contributed by atoms with Crippen LogP contribution in [0.2, 0.25) is 0 Å². The average molecular weight is 269 g/mol. The van der Waals surface area contributed by atoms with Gasteiger partial charge in [0.25, 0.3) is 0 Å². The third-order valence-electron chi connectivity index (χ3n) is 4.89. The van der Waals surface area contributed by atoms with Gasteiger partial charge in [-0.2, -0.15) is 5.10 Å². The highest BCUT2D eigenvalue weighted by atomic mass is 16.1. The maximum Gasteiger partial charge on any atom is 0.143 e. The standard InChI is InChI=1S/C16H19N3O/c1-19-15-5-3-2-4-11(15)14(18-19)9-16(20)12-8-10-6-7-13(12)17-10/h2-5,10,12-13,17H,6-9H2,1H3. The van der Waals surface area contributed by atoms with Gasteiger partial charge in [-0.3, -0.25) is 9.48 Å². The van der Waals surface area contributed by atoms with Crippen LogP contribution in [0.1, 0.15) is 25.0 Å². The van der Waals surface area contributed by atoms with E-state index in [1.165, 1.54) is 6.42 Å². The number of carbonyl (C=O) groups is 1. The molecule has 0 amide bonds. The molecule has 4 heteroatoms. The molecule has 3 unspecified atom stereocenters. The molecule has 2 saturated heterocycles. The van der Waals surface area contributed by atoms with Crippen molar-refractivity contribution in [1.82, 2.24) is 15.1 Å². The number of aromatic nitrogens is 2. The number of benzene rings is 1. The topological polar surface area (TPSA) is 46.9 Å². The van der Waals surface area contributed by atoms with Gasteiger partial charge in [-0.25, -0.2) is 0 Å². The lowest BCUT2D eigenvalue weighted by Crippen LogP contribution is -2.29. The number of Topliss-reactive ketones (excluding diaryl/α,β-unsaturated/α-hetero) is 1. The summed E-state index contributed by atoms with van der Waals surface area (Å²) in [6.45, 7) is 0. The quantitative estimate of drug-likeness (QED) is 0.924. The Morgan fingerprint density at radius 2 is 2.25 bits per heavy atom. The SMILES string of the molecule is Cn1nc(CC(=O)C2CC3CCC2N3)c2ccccc21. The Morgan fingerprint density at radius 1 is 1.40 bits per heavy atom. The molecule has 1 aromatic heterocycles. The molecule has 2 aliphatic rings. The van der Waals surface area contributed by atoms with E-state index in [1.54, 1.807) is 0 Å². The van der Waals surface area contributed by atoms with Crippen LogP contribution in [0.4, 0.5) is 0 Å². The third kappa shape index (κ3) is 1.79. The van der Waals surface area contributed by atoms with Crippen molar-refractivity contribution in [2.45, 2.75) is 37.8 Å². The highest BCUT2D eigenvalue weighted by molar-refractivity contribution is 5.90. The molecule has 2 aliphatic heterocycles. The maximum absolute atomic E-state index is 12.6. The minimum atomic E-state index is 0.203. The van der Waals surface area contributed by atoms with E-state index < -0.39 is 0 Å². The number of ketones is 1. The van der Waals surface area contributed by atoms with E-state index >= 15 is 0 Å². The highest BCUT2D eigenvalue weighted by Crippen LogP contribution is 2.34. The number of aryl methyl sites for hydroxylation is 1. The van der Waals surface area contributed by atoms with Crippen LogP contribution < -0.4 is 5.32 Å². The van der Waals surface area contributed by atoms with E-state index in [0.29, 0.717) is 24.3 Å². The minimum absolute atomic E-state index is 0.203. The molecule has 1 N–H and O–H groups in total. The Hall–Kier alpha value is -1.68. The second-order valence-corrected chi connectivity index (χ2v) is 6.12. The first-order valence-corrected chi connectivity index (χ1v) is 7.42. The molecule has 4 rings (SSSR count). The van der Waals surface area contributed by atoms with E-state index in [-0.39, 0.29) is 5.92 Å². The van der Waals surface area contributed by atoms with Crippen molar-refractivity contribution < 1.29 is 4.79 Å². The fraction of sp³-hybridized carbons (Fsp3) is 0.500. The molecule has 4 nitrogen and oxygen atoms in total. The van der Waals surface area contributed by atoms with E-state index in [0.717, 1.165) is 29.4 Å². The van der Waals surface area contributed by atoms with Gasteiger partial charge in [-0.05, 0) is 25.3 Å². The Labute approximate surface area is 118 Å². The zero-order valence-electron chi connectivity index (χ0n) is 11.7. The number of fused-ring (bicyclic) bond motifs is 3. The summed E-state index contributed by atoms with van der Waals surface area (Å²) >= 11 is 0. The fourth-order valence-corrected chi connectivity index (χ4v) is 3.90. The lowest BCUT2D eigenvalue weighted by Gasteiger charge is -2.18. The Balaban J connectivity index is 1.60. The number of hydrogen-bond donors (Lipinski definition) is 1. The summed E-state index contributed by atoms with van der Waals surface area (Å²) in [5, 5.41) is 9.19.